The number of halogens is 1. The number of imide groups is 1. The number of hydrogen-bond acceptors (Lipinski definition) is 3. The van der Waals surface area contributed by atoms with Gasteiger partial charge in [0.1, 0.15) is 0 Å². The summed E-state index contributed by atoms with van der Waals surface area (Å²) in [6.45, 7) is 1.86. The van der Waals surface area contributed by atoms with Gasteiger partial charge in [-0.1, -0.05) is 23.7 Å². The number of carbonyl (C=O) groups is 2. The first-order chi connectivity index (χ1) is 7.15. The third-order valence-electron chi connectivity index (χ3n) is 1.61. The van der Waals surface area contributed by atoms with Crippen LogP contribution in [0.2, 0.25) is 5.02 Å². The van der Waals surface area contributed by atoms with Crippen molar-refractivity contribution >= 4 is 23.6 Å². The lowest BCUT2D eigenvalue weighted by molar-refractivity contribution is 0.0925. The summed E-state index contributed by atoms with van der Waals surface area (Å²) in [5.41, 5.74) is 0.243. The number of carbonyl (C=O) groups excluding carboxylic acids is 2. The molecular formula is C10H10ClNO3. The van der Waals surface area contributed by atoms with Gasteiger partial charge < -0.3 is 4.74 Å². The molecule has 0 spiro atoms. The van der Waals surface area contributed by atoms with E-state index in [1.54, 1.807) is 25.1 Å². The van der Waals surface area contributed by atoms with Crippen molar-refractivity contribution in [3.05, 3.63) is 34.9 Å². The van der Waals surface area contributed by atoms with Crippen LogP contribution in [-0.2, 0) is 4.74 Å². The highest BCUT2D eigenvalue weighted by Crippen LogP contribution is 2.14. The van der Waals surface area contributed by atoms with E-state index < -0.39 is 12.0 Å². The smallest absolute Gasteiger partial charge is 0.414 e. The summed E-state index contributed by atoms with van der Waals surface area (Å²) in [5, 5.41) is 2.34. The van der Waals surface area contributed by atoms with Crippen molar-refractivity contribution in [2.24, 2.45) is 0 Å². The third-order valence-corrected chi connectivity index (χ3v) is 1.94. The number of amides is 2. The molecule has 2 amide bonds. The standard InChI is InChI=1S/C10H10ClNO3/c1-2-15-10(14)12-9(13)7-5-3-4-6-8(7)11/h3-6H,2H2,1H3,(H,12,13,14). The maximum absolute atomic E-state index is 11.5. The first-order valence-corrected chi connectivity index (χ1v) is 4.75. The normalized spacial score (nSPS) is 9.47. The summed E-state index contributed by atoms with van der Waals surface area (Å²) < 4.78 is 4.56. The van der Waals surface area contributed by atoms with Crippen molar-refractivity contribution in [1.82, 2.24) is 5.32 Å². The van der Waals surface area contributed by atoms with E-state index in [1.807, 2.05) is 0 Å². The van der Waals surface area contributed by atoms with Crippen molar-refractivity contribution in [2.45, 2.75) is 6.92 Å². The van der Waals surface area contributed by atoms with Gasteiger partial charge in [0.25, 0.3) is 5.91 Å². The maximum Gasteiger partial charge on any atom is 0.414 e. The van der Waals surface area contributed by atoms with Crippen LogP contribution in [0.4, 0.5) is 4.79 Å². The second-order valence-electron chi connectivity index (χ2n) is 2.65. The molecule has 0 radical (unpaired) electrons. The first-order valence-electron chi connectivity index (χ1n) is 4.37. The van der Waals surface area contributed by atoms with Gasteiger partial charge >= 0.3 is 6.09 Å². The molecule has 0 fully saturated rings. The molecule has 5 heteroatoms. The van der Waals surface area contributed by atoms with Crippen molar-refractivity contribution in [1.29, 1.82) is 0 Å². The Kier molecular flexibility index (Phi) is 4.12. The molecule has 0 heterocycles. The topological polar surface area (TPSA) is 55.4 Å². The molecule has 80 valence electrons. The fourth-order valence-corrected chi connectivity index (χ4v) is 1.19. The van der Waals surface area contributed by atoms with Crippen LogP contribution in [0.25, 0.3) is 0 Å². The molecule has 0 aliphatic carbocycles. The van der Waals surface area contributed by atoms with Gasteiger partial charge in [-0.25, -0.2) is 4.79 Å². The summed E-state index contributed by atoms with van der Waals surface area (Å²) in [6.07, 6.45) is -0.776. The van der Waals surface area contributed by atoms with Gasteiger partial charge in [0.15, 0.2) is 0 Å². The number of hydrogen-bond donors (Lipinski definition) is 1. The Bertz CT molecular complexity index is 379. The molecule has 0 bridgehead atoms. The Morgan fingerprint density at radius 1 is 1.40 bits per heavy atom. The second-order valence-corrected chi connectivity index (χ2v) is 3.06. The fourth-order valence-electron chi connectivity index (χ4n) is 0.973. The Balaban J connectivity index is 2.70. The van der Waals surface area contributed by atoms with Crippen LogP contribution in [0.3, 0.4) is 0 Å². The second kappa shape index (κ2) is 5.36. The molecule has 1 N–H and O–H groups in total. The molecule has 0 aliphatic heterocycles. The van der Waals surface area contributed by atoms with E-state index in [0.29, 0.717) is 5.02 Å². The van der Waals surface area contributed by atoms with Crippen LogP contribution >= 0.6 is 11.6 Å². The molecule has 0 aliphatic rings. The Labute approximate surface area is 92.2 Å². The van der Waals surface area contributed by atoms with Crippen LogP contribution in [0.1, 0.15) is 17.3 Å². The molecule has 4 nitrogen and oxygen atoms in total. The monoisotopic (exact) mass is 227 g/mol. The largest absolute Gasteiger partial charge is 0.450 e. The third kappa shape index (κ3) is 3.25. The van der Waals surface area contributed by atoms with E-state index in [9.17, 15) is 9.59 Å². The number of ether oxygens (including phenoxy) is 1. The SMILES string of the molecule is CCOC(=O)NC(=O)c1ccccc1Cl. The van der Waals surface area contributed by atoms with E-state index in [1.165, 1.54) is 6.07 Å². The zero-order valence-electron chi connectivity index (χ0n) is 8.12. The van der Waals surface area contributed by atoms with E-state index in [-0.39, 0.29) is 12.2 Å². The van der Waals surface area contributed by atoms with Crippen LogP contribution in [0, 0.1) is 0 Å². The highest BCUT2D eigenvalue weighted by atomic mass is 35.5. The van der Waals surface area contributed by atoms with Crippen LogP contribution in [0.15, 0.2) is 24.3 Å². The zero-order valence-corrected chi connectivity index (χ0v) is 8.88. The van der Waals surface area contributed by atoms with Gasteiger partial charge in [-0.3, -0.25) is 10.1 Å². The minimum Gasteiger partial charge on any atom is -0.450 e. The molecule has 1 aromatic carbocycles. The molecular weight excluding hydrogens is 218 g/mol. The van der Waals surface area contributed by atoms with Crippen LogP contribution in [0.5, 0.6) is 0 Å². The molecule has 15 heavy (non-hydrogen) atoms. The van der Waals surface area contributed by atoms with E-state index in [2.05, 4.69) is 10.1 Å². The number of benzene rings is 1. The molecule has 1 rings (SSSR count). The van der Waals surface area contributed by atoms with Crippen LogP contribution in [-0.4, -0.2) is 18.6 Å². The van der Waals surface area contributed by atoms with Crippen molar-refractivity contribution in [2.75, 3.05) is 6.61 Å². The number of rotatable bonds is 2. The van der Waals surface area contributed by atoms with Crippen molar-refractivity contribution in [3.8, 4) is 0 Å². The number of alkyl carbamates (subject to hydrolysis) is 1. The summed E-state index contributed by atoms with van der Waals surface area (Å²) in [5.74, 6) is -0.570. The van der Waals surface area contributed by atoms with Gasteiger partial charge in [-0.15, -0.1) is 0 Å². The lowest BCUT2D eigenvalue weighted by Crippen LogP contribution is -2.31. The predicted octanol–water partition coefficient (Wildman–Crippen LogP) is 2.23. The Morgan fingerprint density at radius 3 is 2.67 bits per heavy atom. The van der Waals surface area contributed by atoms with Gasteiger partial charge in [-0.2, -0.15) is 0 Å². The molecule has 0 saturated heterocycles. The van der Waals surface area contributed by atoms with E-state index in [4.69, 9.17) is 11.6 Å². The Morgan fingerprint density at radius 2 is 2.07 bits per heavy atom. The minimum atomic E-state index is -0.776. The van der Waals surface area contributed by atoms with Gasteiger partial charge in [0, 0.05) is 0 Å². The summed E-state index contributed by atoms with van der Waals surface area (Å²) in [7, 11) is 0. The van der Waals surface area contributed by atoms with E-state index >= 15 is 0 Å². The molecule has 0 unspecified atom stereocenters. The van der Waals surface area contributed by atoms with Gasteiger partial charge in [-0.05, 0) is 19.1 Å². The predicted molar refractivity (Wildman–Crippen MR) is 55.9 cm³/mol. The maximum atomic E-state index is 11.5. The quantitative estimate of drug-likeness (QED) is 0.843. The molecule has 0 aromatic heterocycles. The number of nitrogens with one attached hydrogen (secondary N) is 1. The summed E-state index contributed by atoms with van der Waals surface area (Å²) in [4.78, 5) is 22.4. The average molecular weight is 228 g/mol. The zero-order chi connectivity index (χ0) is 11.3. The van der Waals surface area contributed by atoms with Crippen molar-refractivity contribution in [3.63, 3.8) is 0 Å². The van der Waals surface area contributed by atoms with Crippen LogP contribution < -0.4 is 5.32 Å². The summed E-state index contributed by atoms with van der Waals surface area (Å²) in [6, 6.07) is 6.45. The van der Waals surface area contributed by atoms with Crippen molar-refractivity contribution < 1.29 is 14.3 Å². The highest BCUT2D eigenvalue weighted by Gasteiger charge is 2.12. The van der Waals surface area contributed by atoms with E-state index in [0.717, 1.165) is 0 Å². The van der Waals surface area contributed by atoms with Gasteiger partial charge in [0.2, 0.25) is 0 Å². The summed E-state index contributed by atoms with van der Waals surface area (Å²) >= 11 is 5.77. The lowest BCUT2D eigenvalue weighted by Gasteiger charge is -2.04. The molecule has 1 aromatic rings. The fraction of sp³-hybridized carbons (Fsp3) is 0.200. The highest BCUT2D eigenvalue weighted by molar-refractivity contribution is 6.34. The lowest BCUT2D eigenvalue weighted by atomic mass is 10.2. The average Bonchev–Trinajstić information content (AvgIpc) is 2.18. The molecule has 0 saturated carbocycles. The van der Waals surface area contributed by atoms with Gasteiger partial charge in [0.05, 0.1) is 17.2 Å². The molecule has 0 atom stereocenters. The Hall–Kier alpha value is -1.55. The first kappa shape index (κ1) is 11.5. The minimum absolute atomic E-state index is 0.210.